The van der Waals surface area contributed by atoms with E-state index in [-0.39, 0.29) is 19.4 Å². The number of anilines is 2. The molecule has 41 heavy (non-hydrogen) atoms. The summed E-state index contributed by atoms with van der Waals surface area (Å²) in [6.45, 7) is 0. The van der Waals surface area contributed by atoms with Crippen molar-refractivity contribution in [2.24, 2.45) is 4.99 Å². The van der Waals surface area contributed by atoms with Gasteiger partial charge in [-0.25, -0.2) is 9.59 Å². The van der Waals surface area contributed by atoms with Crippen LogP contribution in [0.2, 0.25) is 0 Å². The van der Waals surface area contributed by atoms with E-state index < -0.39 is 35.7 Å². The number of carbonyl (C=O) groups excluding carboxylic acids is 6. The highest BCUT2D eigenvalue weighted by Gasteiger charge is 2.27. The van der Waals surface area contributed by atoms with Crippen molar-refractivity contribution < 1.29 is 28.8 Å². The number of urea groups is 2. The lowest BCUT2D eigenvalue weighted by molar-refractivity contribution is -0.130. The fourth-order valence-corrected chi connectivity index (χ4v) is 3.17. The zero-order valence-electron chi connectivity index (χ0n) is 22.8. The van der Waals surface area contributed by atoms with Gasteiger partial charge in [-0.15, -0.1) is 0 Å². The summed E-state index contributed by atoms with van der Waals surface area (Å²) in [4.78, 5) is 72.7. The van der Waals surface area contributed by atoms with Gasteiger partial charge in [-0.3, -0.25) is 45.4 Å². The molecule has 2 aliphatic heterocycles. The van der Waals surface area contributed by atoms with Crippen LogP contribution >= 0.6 is 0 Å². The van der Waals surface area contributed by atoms with Crippen molar-refractivity contribution in [3.8, 4) is 0 Å². The fraction of sp³-hybridized carbons (Fsp3) is 0.250. The SMILES string of the molecule is C.CN(C)c1ccc(C=C2C(=O)NC(=O)NC2=O)cc1.CN=Cc1ccc(N(C)C)cc1.O=C1CC(=O)NC(=O)N1. The molecule has 0 aliphatic carbocycles. The molecule has 4 N–H and O–H groups in total. The maximum Gasteiger partial charge on any atom is 0.328 e. The third-order valence-corrected chi connectivity index (χ3v) is 5.18. The summed E-state index contributed by atoms with van der Waals surface area (Å²) in [6.07, 6.45) is 3.03. The third-order valence-electron chi connectivity index (χ3n) is 5.18. The molecule has 0 atom stereocenters. The molecule has 0 bridgehead atoms. The van der Waals surface area contributed by atoms with Crippen molar-refractivity contribution in [3.63, 3.8) is 0 Å². The molecule has 8 amide bonds. The molecule has 13 nitrogen and oxygen atoms in total. The number of amides is 8. The van der Waals surface area contributed by atoms with Crippen LogP contribution in [0.15, 0.2) is 59.1 Å². The smallest absolute Gasteiger partial charge is 0.328 e. The quantitative estimate of drug-likeness (QED) is 0.188. The summed E-state index contributed by atoms with van der Waals surface area (Å²) in [5.74, 6) is -2.48. The van der Waals surface area contributed by atoms with Gasteiger partial charge < -0.3 is 9.80 Å². The number of nitrogens with zero attached hydrogens (tertiary/aromatic N) is 3. The highest BCUT2D eigenvalue weighted by atomic mass is 16.2. The molecular formula is C28H35N7O6. The average molecular weight is 566 g/mol. The van der Waals surface area contributed by atoms with Gasteiger partial charge in [0.05, 0.1) is 0 Å². The van der Waals surface area contributed by atoms with Crippen LogP contribution in [-0.2, 0) is 19.2 Å². The van der Waals surface area contributed by atoms with Crippen molar-refractivity contribution in [2.75, 3.05) is 45.0 Å². The van der Waals surface area contributed by atoms with Crippen molar-refractivity contribution in [1.29, 1.82) is 0 Å². The Balaban J connectivity index is 0.000000329. The Bertz CT molecular complexity index is 1260. The summed E-state index contributed by atoms with van der Waals surface area (Å²) in [6, 6.07) is 14.1. The van der Waals surface area contributed by atoms with Crippen molar-refractivity contribution in [2.45, 2.75) is 13.8 Å². The molecule has 4 rings (SSSR count). The lowest BCUT2D eigenvalue weighted by atomic mass is 10.1. The minimum absolute atomic E-state index is 0. The number of hydrogen-bond acceptors (Lipinski definition) is 9. The van der Waals surface area contributed by atoms with Gasteiger partial charge in [0.2, 0.25) is 11.8 Å². The summed E-state index contributed by atoms with van der Waals surface area (Å²) in [5, 5.41) is 7.85. The van der Waals surface area contributed by atoms with Crippen molar-refractivity contribution in [3.05, 3.63) is 65.2 Å². The number of nitrogens with one attached hydrogen (secondary N) is 4. The Morgan fingerprint density at radius 1 is 0.634 bits per heavy atom. The highest BCUT2D eigenvalue weighted by Crippen LogP contribution is 2.15. The Labute approximate surface area is 238 Å². The van der Waals surface area contributed by atoms with Crippen LogP contribution in [0.25, 0.3) is 6.08 Å². The van der Waals surface area contributed by atoms with Crippen LogP contribution < -0.4 is 31.1 Å². The second-order valence-corrected chi connectivity index (χ2v) is 8.76. The molecule has 218 valence electrons. The van der Waals surface area contributed by atoms with E-state index >= 15 is 0 Å². The van der Waals surface area contributed by atoms with E-state index in [0.717, 1.165) is 11.3 Å². The molecule has 0 spiro atoms. The van der Waals surface area contributed by atoms with Gasteiger partial charge >= 0.3 is 12.1 Å². The Morgan fingerprint density at radius 2 is 1.02 bits per heavy atom. The first-order valence-corrected chi connectivity index (χ1v) is 11.9. The normalized spacial score (nSPS) is 14.1. The summed E-state index contributed by atoms with van der Waals surface area (Å²) in [5.41, 5.74) is 3.98. The molecule has 2 saturated heterocycles. The van der Waals surface area contributed by atoms with Crippen LogP contribution in [0.5, 0.6) is 0 Å². The van der Waals surface area contributed by atoms with Crippen LogP contribution in [0.4, 0.5) is 21.0 Å². The molecule has 2 fully saturated rings. The van der Waals surface area contributed by atoms with E-state index in [4.69, 9.17) is 0 Å². The molecule has 0 aromatic heterocycles. The van der Waals surface area contributed by atoms with Gasteiger partial charge in [-0.05, 0) is 41.5 Å². The first kappa shape index (κ1) is 33.7. The Morgan fingerprint density at radius 3 is 1.39 bits per heavy atom. The molecule has 2 aromatic carbocycles. The number of barbiturate groups is 2. The standard InChI is InChI=1S/C13H13N3O3.C10H14N2.C4H4N2O3.CH4/c1-16(2)9-5-3-8(4-6-9)7-10-11(17)14-13(19)15-12(10)18;1-11-8-9-4-6-10(7-5-9)12(2)3;7-2-1-3(8)6-4(9)5-2;/h3-7H,1-2H3,(H2,14,15,17,18,19);4-8H,1-3H3;1H2,(H2,5,6,7,8,9);1H4. The lowest BCUT2D eigenvalue weighted by Gasteiger charge is -2.14. The number of hydrogen-bond donors (Lipinski definition) is 4. The molecule has 2 aromatic rings. The predicted molar refractivity (Wildman–Crippen MR) is 158 cm³/mol. The maximum absolute atomic E-state index is 11.5. The summed E-state index contributed by atoms with van der Waals surface area (Å²) in [7, 11) is 9.67. The molecule has 0 radical (unpaired) electrons. The van der Waals surface area contributed by atoms with Gasteiger partial charge in [0, 0.05) is 52.8 Å². The molecule has 13 heteroatoms. The molecule has 0 unspecified atom stereocenters. The maximum atomic E-state index is 11.5. The van der Waals surface area contributed by atoms with Gasteiger partial charge in [0.1, 0.15) is 12.0 Å². The van der Waals surface area contributed by atoms with Crippen LogP contribution in [0.1, 0.15) is 25.0 Å². The van der Waals surface area contributed by atoms with E-state index in [1.54, 1.807) is 19.2 Å². The minimum Gasteiger partial charge on any atom is -0.378 e. The highest BCUT2D eigenvalue weighted by molar-refractivity contribution is 6.31. The monoisotopic (exact) mass is 565 g/mol. The molecular weight excluding hydrogens is 530 g/mol. The van der Waals surface area contributed by atoms with E-state index in [0.29, 0.717) is 5.56 Å². The molecule has 2 heterocycles. The first-order valence-electron chi connectivity index (χ1n) is 11.9. The van der Waals surface area contributed by atoms with E-state index in [1.165, 1.54) is 11.8 Å². The molecule has 2 aliphatic rings. The topological polar surface area (TPSA) is 169 Å². The van der Waals surface area contributed by atoms with Gasteiger partial charge in [0.25, 0.3) is 11.8 Å². The lowest BCUT2D eigenvalue weighted by Crippen LogP contribution is -2.51. The minimum atomic E-state index is -0.796. The predicted octanol–water partition coefficient (Wildman–Crippen LogP) is 1.68. The second-order valence-electron chi connectivity index (χ2n) is 8.76. The van der Waals surface area contributed by atoms with Crippen LogP contribution in [0, 0.1) is 0 Å². The van der Waals surface area contributed by atoms with E-state index in [2.05, 4.69) is 34.2 Å². The number of imide groups is 4. The fourth-order valence-electron chi connectivity index (χ4n) is 3.17. The number of benzene rings is 2. The number of rotatable bonds is 4. The van der Waals surface area contributed by atoms with Gasteiger partial charge in [0.15, 0.2) is 0 Å². The third kappa shape index (κ3) is 11.1. The Hall–Kier alpha value is -5.33. The van der Waals surface area contributed by atoms with E-state index in [9.17, 15) is 28.8 Å². The summed E-state index contributed by atoms with van der Waals surface area (Å²) < 4.78 is 0. The average Bonchev–Trinajstić information content (AvgIpc) is 2.87. The number of aliphatic imine (C=N–C) groups is 1. The van der Waals surface area contributed by atoms with E-state index in [1.807, 2.05) is 72.7 Å². The van der Waals surface area contributed by atoms with Crippen molar-refractivity contribution in [1.82, 2.24) is 21.3 Å². The Kier molecular flexibility index (Phi) is 13.1. The number of carbonyl (C=O) groups is 6. The van der Waals surface area contributed by atoms with Crippen molar-refractivity contribution >= 4 is 59.4 Å². The van der Waals surface area contributed by atoms with Gasteiger partial charge in [-0.2, -0.15) is 0 Å². The molecule has 0 saturated carbocycles. The second kappa shape index (κ2) is 15.9. The zero-order chi connectivity index (χ0) is 29.8. The largest absolute Gasteiger partial charge is 0.378 e. The van der Waals surface area contributed by atoms with Gasteiger partial charge in [-0.1, -0.05) is 31.7 Å². The first-order chi connectivity index (χ1) is 18.9. The van der Waals surface area contributed by atoms with Crippen LogP contribution in [-0.4, -0.2) is 77.1 Å². The summed E-state index contributed by atoms with van der Waals surface area (Å²) >= 11 is 0. The van der Waals surface area contributed by atoms with Crippen LogP contribution in [0.3, 0.4) is 0 Å². The zero-order valence-corrected chi connectivity index (χ0v) is 22.8.